The van der Waals surface area contributed by atoms with Crippen molar-refractivity contribution in [2.24, 2.45) is 0 Å². The standard InChI is InChI=1S/C5H6Cl2O2/c1-2-9-5(8)4(7)3-6/h3H,2H2,1H3/b4-3-. The average molecular weight is 169 g/mol. The molecule has 9 heavy (non-hydrogen) atoms. The van der Waals surface area contributed by atoms with Crippen molar-refractivity contribution >= 4 is 29.2 Å². The van der Waals surface area contributed by atoms with Crippen LogP contribution >= 0.6 is 23.2 Å². The van der Waals surface area contributed by atoms with Crippen molar-refractivity contribution in [1.29, 1.82) is 0 Å². The predicted molar refractivity (Wildman–Crippen MR) is 36.4 cm³/mol. The summed E-state index contributed by atoms with van der Waals surface area (Å²) in [6.45, 7) is 2.00. The summed E-state index contributed by atoms with van der Waals surface area (Å²) in [5.74, 6) is -0.589. The van der Waals surface area contributed by atoms with Gasteiger partial charge in [0.15, 0.2) is 0 Å². The van der Waals surface area contributed by atoms with Gasteiger partial charge in [-0.3, -0.25) is 0 Å². The summed E-state index contributed by atoms with van der Waals surface area (Å²) in [5.41, 5.74) is 0.972. The number of rotatable bonds is 2. The highest BCUT2D eigenvalue weighted by Gasteiger charge is 2.04. The maximum atomic E-state index is 10.5. The highest BCUT2D eigenvalue weighted by molar-refractivity contribution is 6.45. The Labute approximate surface area is 63.4 Å². The van der Waals surface area contributed by atoms with Gasteiger partial charge in [0, 0.05) is 5.54 Å². The van der Waals surface area contributed by atoms with E-state index < -0.39 is 5.97 Å². The van der Waals surface area contributed by atoms with E-state index in [4.69, 9.17) is 23.2 Å². The predicted octanol–water partition coefficient (Wildman–Crippen LogP) is 1.87. The number of hydrogen-bond acceptors (Lipinski definition) is 2. The lowest BCUT2D eigenvalue weighted by Gasteiger charge is -1.96. The highest BCUT2D eigenvalue weighted by atomic mass is 35.5. The number of carbonyl (C=O) groups excluding carboxylic acids is 1. The topological polar surface area (TPSA) is 26.3 Å². The van der Waals surface area contributed by atoms with Crippen molar-refractivity contribution in [2.75, 3.05) is 6.61 Å². The molecule has 0 bridgehead atoms. The van der Waals surface area contributed by atoms with Crippen molar-refractivity contribution in [3.63, 3.8) is 0 Å². The molecule has 0 atom stereocenters. The molecular weight excluding hydrogens is 163 g/mol. The maximum Gasteiger partial charge on any atom is 0.350 e. The molecule has 52 valence electrons. The third-order valence-corrected chi connectivity index (χ3v) is 1.16. The second kappa shape index (κ2) is 4.65. The monoisotopic (exact) mass is 168 g/mol. The van der Waals surface area contributed by atoms with Crippen LogP contribution in [0.4, 0.5) is 0 Å². The fourth-order valence-electron chi connectivity index (χ4n) is 0.245. The summed E-state index contributed by atoms with van der Waals surface area (Å²) < 4.78 is 4.47. The van der Waals surface area contributed by atoms with Crippen LogP contribution in [0.5, 0.6) is 0 Å². The zero-order chi connectivity index (χ0) is 7.28. The van der Waals surface area contributed by atoms with Crippen molar-refractivity contribution in [3.05, 3.63) is 10.6 Å². The third-order valence-electron chi connectivity index (χ3n) is 0.566. The number of hydrogen-bond donors (Lipinski definition) is 0. The Morgan fingerprint density at radius 1 is 1.78 bits per heavy atom. The molecule has 0 saturated carbocycles. The van der Waals surface area contributed by atoms with Crippen molar-refractivity contribution in [2.45, 2.75) is 6.92 Å². The van der Waals surface area contributed by atoms with Crippen LogP contribution in [-0.2, 0) is 9.53 Å². The first-order valence-electron chi connectivity index (χ1n) is 2.35. The van der Waals surface area contributed by atoms with E-state index in [-0.39, 0.29) is 5.03 Å². The molecule has 0 aromatic carbocycles. The second-order valence-corrected chi connectivity index (χ2v) is 1.80. The smallest absolute Gasteiger partial charge is 0.350 e. The molecule has 0 saturated heterocycles. The lowest BCUT2D eigenvalue weighted by Crippen LogP contribution is -2.02. The highest BCUT2D eigenvalue weighted by Crippen LogP contribution is 2.04. The first-order chi connectivity index (χ1) is 4.22. The summed E-state index contributed by atoms with van der Waals surface area (Å²) in [6.07, 6.45) is 0. The second-order valence-electron chi connectivity index (χ2n) is 1.18. The van der Waals surface area contributed by atoms with Gasteiger partial charge in [-0.15, -0.1) is 0 Å². The van der Waals surface area contributed by atoms with Crippen LogP contribution in [0.15, 0.2) is 10.6 Å². The molecule has 0 fully saturated rings. The molecule has 0 aliphatic heterocycles. The molecule has 0 amide bonds. The summed E-state index contributed by atoms with van der Waals surface area (Å²) in [4.78, 5) is 10.5. The van der Waals surface area contributed by atoms with Gasteiger partial charge in [0.2, 0.25) is 0 Å². The number of esters is 1. The minimum Gasteiger partial charge on any atom is -0.462 e. The minimum absolute atomic E-state index is 0.0986. The molecule has 0 aromatic rings. The third kappa shape index (κ3) is 3.38. The molecule has 4 heteroatoms. The van der Waals surface area contributed by atoms with Gasteiger partial charge in [0.05, 0.1) is 6.61 Å². The molecule has 0 aliphatic rings. The zero-order valence-electron chi connectivity index (χ0n) is 4.86. The first kappa shape index (κ1) is 8.79. The summed E-state index contributed by atoms with van der Waals surface area (Å²) in [6, 6.07) is 0. The fourth-order valence-corrected chi connectivity index (χ4v) is 0.388. The molecule has 2 nitrogen and oxygen atoms in total. The van der Waals surface area contributed by atoms with Gasteiger partial charge in [-0.1, -0.05) is 23.2 Å². The Morgan fingerprint density at radius 3 is 2.67 bits per heavy atom. The van der Waals surface area contributed by atoms with Gasteiger partial charge in [-0.05, 0) is 6.92 Å². The molecule has 0 aromatic heterocycles. The van der Waals surface area contributed by atoms with E-state index in [1.54, 1.807) is 6.92 Å². The van der Waals surface area contributed by atoms with E-state index >= 15 is 0 Å². The van der Waals surface area contributed by atoms with Gasteiger partial charge < -0.3 is 4.74 Å². The average Bonchev–Trinajstić information content (AvgIpc) is 1.87. The van der Waals surface area contributed by atoms with E-state index in [2.05, 4.69) is 4.74 Å². The molecule has 0 spiro atoms. The van der Waals surface area contributed by atoms with E-state index in [9.17, 15) is 4.79 Å². The van der Waals surface area contributed by atoms with Crippen LogP contribution < -0.4 is 0 Å². The Bertz CT molecular complexity index is 131. The van der Waals surface area contributed by atoms with E-state index in [1.807, 2.05) is 0 Å². The van der Waals surface area contributed by atoms with Crippen LogP contribution in [0, 0.1) is 0 Å². The lowest BCUT2D eigenvalue weighted by molar-refractivity contribution is -0.137. The molecule has 0 N–H and O–H groups in total. The van der Waals surface area contributed by atoms with E-state index in [0.29, 0.717) is 6.61 Å². The maximum absolute atomic E-state index is 10.5. The molecule has 0 rings (SSSR count). The Morgan fingerprint density at radius 2 is 2.33 bits per heavy atom. The van der Waals surface area contributed by atoms with Gasteiger partial charge in [0.25, 0.3) is 0 Å². The molecule has 0 aliphatic carbocycles. The normalized spacial score (nSPS) is 11.2. The zero-order valence-corrected chi connectivity index (χ0v) is 6.37. The molecule has 0 heterocycles. The number of ether oxygens (including phenoxy) is 1. The van der Waals surface area contributed by atoms with Crippen LogP contribution in [-0.4, -0.2) is 12.6 Å². The van der Waals surface area contributed by atoms with Gasteiger partial charge in [-0.25, -0.2) is 4.79 Å². The van der Waals surface area contributed by atoms with Crippen LogP contribution in [0.25, 0.3) is 0 Å². The molecular formula is C5H6Cl2O2. The summed E-state index contributed by atoms with van der Waals surface area (Å²) in [7, 11) is 0. The van der Waals surface area contributed by atoms with Gasteiger partial charge in [-0.2, -0.15) is 0 Å². The first-order valence-corrected chi connectivity index (χ1v) is 3.16. The largest absolute Gasteiger partial charge is 0.462 e. The molecule has 0 unspecified atom stereocenters. The van der Waals surface area contributed by atoms with Crippen molar-refractivity contribution < 1.29 is 9.53 Å². The Balaban J connectivity index is 3.74. The van der Waals surface area contributed by atoms with Crippen LogP contribution in [0.2, 0.25) is 0 Å². The van der Waals surface area contributed by atoms with Crippen molar-refractivity contribution in [3.8, 4) is 0 Å². The van der Waals surface area contributed by atoms with E-state index in [0.717, 1.165) is 5.54 Å². The SMILES string of the molecule is CCOC(=O)/C(Cl)=C/Cl. The summed E-state index contributed by atoms with van der Waals surface area (Å²) in [5, 5.41) is -0.0986. The number of carbonyl (C=O) groups is 1. The lowest BCUT2D eigenvalue weighted by atomic mass is 10.6. The molecule has 0 radical (unpaired) electrons. The van der Waals surface area contributed by atoms with Gasteiger partial charge in [0.1, 0.15) is 5.03 Å². The Hall–Kier alpha value is -0.210. The van der Waals surface area contributed by atoms with Crippen molar-refractivity contribution in [1.82, 2.24) is 0 Å². The van der Waals surface area contributed by atoms with Crippen LogP contribution in [0.1, 0.15) is 6.92 Å². The van der Waals surface area contributed by atoms with E-state index in [1.165, 1.54) is 0 Å². The minimum atomic E-state index is -0.589. The van der Waals surface area contributed by atoms with Gasteiger partial charge >= 0.3 is 5.97 Å². The Kier molecular flexibility index (Phi) is 4.54. The fraction of sp³-hybridized carbons (Fsp3) is 0.400. The van der Waals surface area contributed by atoms with Crippen LogP contribution in [0.3, 0.4) is 0 Å². The summed E-state index contributed by atoms with van der Waals surface area (Å²) >= 11 is 10.3. The number of halogens is 2. The quantitative estimate of drug-likeness (QED) is 0.465.